The minimum Gasteiger partial charge on any atom is -0.484 e. The molecule has 1 heterocycles. The van der Waals surface area contributed by atoms with E-state index in [9.17, 15) is 9.59 Å². The van der Waals surface area contributed by atoms with Gasteiger partial charge in [-0.25, -0.2) is 0 Å². The van der Waals surface area contributed by atoms with Crippen molar-refractivity contribution < 1.29 is 18.7 Å². The quantitative estimate of drug-likeness (QED) is 0.289. The molecule has 1 amide bonds. The second kappa shape index (κ2) is 9.52. The Bertz CT molecular complexity index is 1630. The predicted molar refractivity (Wildman–Crippen MR) is 137 cm³/mol. The van der Waals surface area contributed by atoms with Gasteiger partial charge in [0.15, 0.2) is 6.61 Å². The van der Waals surface area contributed by atoms with Crippen molar-refractivity contribution in [2.75, 3.05) is 11.9 Å². The first-order valence-electron chi connectivity index (χ1n) is 10.9. The van der Waals surface area contributed by atoms with Gasteiger partial charge < -0.3 is 19.2 Å². The van der Waals surface area contributed by atoms with E-state index in [1.165, 1.54) is 6.26 Å². The molecule has 0 aliphatic heterocycles. The number of hydrogen-bond acceptors (Lipinski definition) is 5. The zero-order valence-electron chi connectivity index (χ0n) is 18.7. The third-order valence-corrected chi connectivity index (χ3v) is 5.98. The van der Waals surface area contributed by atoms with Crippen molar-refractivity contribution in [2.24, 2.45) is 0 Å². The fraction of sp³-hybridized carbons (Fsp3) is 0.0714. The Morgan fingerprint density at radius 3 is 2.60 bits per heavy atom. The summed E-state index contributed by atoms with van der Waals surface area (Å²) in [5.41, 5.74) is 1.41. The van der Waals surface area contributed by atoms with Crippen LogP contribution in [0.1, 0.15) is 5.56 Å². The van der Waals surface area contributed by atoms with Crippen LogP contribution < -0.4 is 20.2 Å². The molecule has 5 aromatic rings. The Kier molecular flexibility index (Phi) is 6.12. The molecule has 0 saturated heterocycles. The van der Waals surface area contributed by atoms with Crippen LogP contribution in [0.2, 0.25) is 5.02 Å². The molecule has 0 bridgehead atoms. The summed E-state index contributed by atoms with van der Waals surface area (Å²) in [5.74, 6) is 0.673. The number of benzene rings is 4. The van der Waals surface area contributed by atoms with Gasteiger partial charge in [-0.15, -0.1) is 0 Å². The molecule has 0 saturated carbocycles. The number of fused-ring (bicyclic) bond motifs is 2. The van der Waals surface area contributed by atoms with Gasteiger partial charge in [-0.05, 0) is 59.7 Å². The van der Waals surface area contributed by atoms with E-state index in [2.05, 4.69) is 5.32 Å². The van der Waals surface area contributed by atoms with Crippen LogP contribution in [0.25, 0.3) is 21.7 Å². The monoisotopic (exact) mass is 485 g/mol. The molecule has 7 heteroatoms. The van der Waals surface area contributed by atoms with Gasteiger partial charge in [0.05, 0.1) is 5.39 Å². The second-order valence-corrected chi connectivity index (χ2v) is 8.35. The highest BCUT2D eigenvalue weighted by Gasteiger charge is 2.12. The predicted octanol–water partition coefficient (Wildman–Crippen LogP) is 6.72. The van der Waals surface area contributed by atoms with Crippen molar-refractivity contribution >= 4 is 44.9 Å². The Morgan fingerprint density at radius 1 is 0.943 bits per heavy atom. The van der Waals surface area contributed by atoms with Gasteiger partial charge in [-0.2, -0.15) is 0 Å². The van der Waals surface area contributed by atoms with Gasteiger partial charge in [-0.3, -0.25) is 9.59 Å². The van der Waals surface area contributed by atoms with Crippen LogP contribution in [-0.2, 0) is 4.79 Å². The molecule has 5 rings (SSSR count). The summed E-state index contributed by atoms with van der Waals surface area (Å²) in [6.45, 7) is 1.60. The normalized spacial score (nSPS) is 10.9. The van der Waals surface area contributed by atoms with E-state index in [0.717, 1.165) is 16.3 Å². The smallest absolute Gasteiger partial charge is 0.262 e. The lowest BCUT2D eigenvalue weighted by Gasteiger charge is -2.11. The van der Waals surface area contributed by atoms with Gasteiger partial charge >= 0.3 is 0 Å². The van der Waals surface area contributed by atoms with Crippen molar-refractivity contribution in [1.82, 2.24) is 0 Å². The lowest BCUT2D eigenvalue weighted by atomic mass is 10.1. The van der Waals surface area contributed by atoms with E-state index < -0.39 is 0 Å². The topological polar surface area (TPSA) is 77.8 Å². The maximum atomic E-state index is 12.9. The molecule has 1 aromatic heterocycles. The number of hydrogen-bond donors (Lipinski definition) is 1. The summed E-state index contributed by atoms with van der Waals surface area (Å²) in [6.07, 6.45) is 1.28. The maximum absolute atomic E-state index is 12.9. The first kappa shape index (κ1) is 22.5. The van der Waals surface area contributed by atoms with E-state index in [4.69, 9.17) is 25.5 Å². The Balaban J connectivity index is 1.29. The van der Waals surface area contributed by atoms with Crippen molar-refractivity contribution in [1.29, 1.82) is 0 Å². The van der Waals surface area contributed by atoms with Crippen LogP contribution in [0.5, 0.6) is 17.2 Å². The van der Waals surface area contributed by atoms with Gasteiger partial charge in [0, 0.05) is 16.8 Å². The first-order valence-corrected chi connectivity index (χ1v) is 11.3. The number of anilines is 1. The van der Waals surface area contributed by atoms with Crippen LogP contribution in [0.15, 0.2) is 94.3 Å². The first-order chi connectivity index (χ1) is 17.0. The van der Waals surface area contributed by atoms with Crippen LogP contribution in [-0.4, -0.2) is 12.5 Å². The molecule has 35 heavy (non-hydrogen) atoms. The molecule has 6 nitrogen and oxygen atoms in total. The molecule has 0 aliphatic rings. The average molecular weight is 486 g/mol. The number of amides is 1. The second-order valence-electron chi connectivity index (χ2n) is 7.95. The Labute approximate surface area is 205 Å². The van der Waals surface area contributed by atoms with Gasteiger partial charge in [0.25, 0.3) is 5.91 Å². The molecule has 1 N–H and O–H groups in total. The van der Waals surface area contributed by atoms with Crippen molar-refractivity contribution in [2.45, 2.75) is 6.92 Å². The molecule has 174 valence electrons. The highest BCUT2D eigenvalue weighted by Crippen LogP contribution is 2.27. The molecule has 0 radical (unpaired) electrons. The van der Waals surface area contributed by atoms with E-state index >= 15 is 0 Å². The van der Waals surface area contributed by atoms with E-state index in [0.29, 0.717) is 33.2 Å². The molecular formula is C28H20ClNO5. The number of rotatable bonds is 6. The van der Waals surface area contributed by atoms with E-state index in [1.54, 1.807) is 42.5 Å². The number of nitrogens with one attached hydrogen (secondary N) is 1. The summed E-state index contributed by atoms with van der Waals surface area (Å²) in [7, 11) is 0. The van der Waals surface area contributed by atoms with Crippen LogP contribution in [0.3, 0.4) is 0 Å². The number of halogens is 1. The zero-order chi connectivity index (χ0) is 24.4. The number of ether oxygens (including phenoxy) is 2. The number of carbonyl (C=O) groups is 1. The van der Waals surface area contributed by atoms with Gasteiger partial charge in [-0.1, -0.05) is 48.0 Å². The molecule has 4 aromatic carbocycles. The molecule has 0 aliphatic carbocycles. The summed E-state index contributed by atoms with van der Waals surface area (Å²) in [5, 5.41) is 5.76. The zero-order valence-corrected chi connectivity index (χ0v) is 19.5. The summed E-state index contributed by atoms with van der Waals surface area (Å²) < 4.78 is 17.0. The third kappa shape index (κ3) is 4.83. The summed E-state index contributed by atoms with van der Waals surface area (Å²) >= 11 is 6.09. The molecular weight excluding hydrogens is 466 g/mol. The lowest BCUT2D eigenvalue weighted by Crippen LogP contribution is -2.20. The van der Waals surface area contributed by atoms with E-state index in [-0.39, 0.29) is 23.7 Å². The van der Waals surface area contributed by atoms with Crippen molar-refractivity contribution in [3.63, 3.8) is 0 Å². The SMILES string of the molecule is Cc1c(Cl)cccc1NC(=O)COc1ccc2c(=O)c(Oc3ccc4ccccc4c3)coc2c1. The minimum absolute atomic E-state index is 0.0812. The van der Waals surface area contributed by atoms with Crippen LogP contribution >= 0.6 is 11.6 Å². The fourth-order valence-electron chi connectivity index (χ4n) is 3.69. The third-order valence-electron chi connectivity index (χ3n) is 5.57. The minimum atomic E-state index is -0.337. The fourth-order valence-corrected chi connectivity index (χ4v) is 3.86. The average Bonchev–Trinajstić information content (AvgIpc) is 2.87. The van der Waals surface area contributed by atoms with Crippen molar-refractivity contribution in [3.05, 3.63) is 106 Å². The lowest BCUT2D eigenvalue weighted by molar-refractivity contribution is -0.118. The number of carbonyl (C=O) groups excluding carboxylic acids is 1. The highest BCUT2D eigenvalue weighted by molar-refractivity contribution is 6.31. The molecule has 0 spiro atoms. The maximum Gasteiger partial charge on any atom is 0.262 e. The summed E-state index contributed by atoms with van der Waals surface area (Å²) in [4.78, 5) is 25.2. The summed E-state index contributed by atoms with van der Waals surface area (Å²) in [6, 6.07) is 23.5. The molecule has 0 unspecified atom stereocenters. The highest BCUT2D eigenvalue weighted by atomic mass is 35.5. The Hall–Kier alpha value is -4.29. The van der Waals surface area contributed by atoms with Gasteiger partial charge in [0.2, 0.25) is 11.2 Å². The standard InChI is InChI=1S/C28H20ClNO5/c1-17-23(29)7-4-8-24(17)30-27(31)16-33-20-11-12-22-25(14-20)34-15-26(28(22)32)35-21-10-9-18-5-2-3-6-19(18)13-21/h2-15H,16H2,1H3,(H,30,31). The van der Waals surface area contributed by atoms with Crippen molar-refractivity contribution in [3.8, 4) is 17.2 Å². The largest absolute Gasteiger partial charge is 0.484 e. The van der Waals surface area contributed by atoms with Crippen LogP contribution in [0.4, 0.5) is 5.69 Å². The van der Waals surface area contributed by atoms with E-state index in [1.807, 2.05) is 43.3 Å². The Morgan fingerprint density at radius 2 is 1.74 bits per heavy atom. The van der Waals surface area contributed by atoms with Crippen LogP contribution in [0, 0.1) is 6.92 Å². The molecule has 0 fully saturated rings. The molecule has 0 atom stereocenters. The van der Waals surface area contributed by atoms with Gasteiger partial charge in [0.1, 0.15) is 23.3 Å².